The minimum Gasteiger partial charge on any atom is -0.329 e. The van der Waals surface area contributed by atoms with Crippen LogP contribution in [0.1, 0.15) is 13.8 Å². The molecule has 0 radical (unpaired) electrons. The predicted octanol–water partition coefficient (Wildman–Crippen LogP) is 1.03. The van der Waals surface area contributed by atoms with Gasteiger partial charge in [0.25, 0.3) is 0 Å². The van der Waals surface area contributed by atoms with Crippen LogP contribution >= 0.6 is 12.4 Å². The molecule has 0 aliphatic carbocycles. The molecule has 0 amide bonds. The summed E-state index contributed by atoms with van der Waals surface area (Å²) in [6, 6.07) is 0. The average Bonchev–Trinajstić information content (AvgIpc) is 1.68. The fourth-order valence-corrected chi connectivity index (χ4v) is 0.305. The largest absolute Gasteiger partial charge is 0.329 e. The summed E-state index contributed by atoms with van der Waals surface area (Å²) in [6.07, 6.45) is 0. The van der Waals surface area contributed by atoms with Crippen LogP contribution in [0, 0.1) is 17.8 Å². The molecule has 0 rings (SSSR count). The summed E-state index contributed by atoms with van der Waals surface area (Å²) in [5.74, 6) is 6.07. The highest BCUT2D eigenvalue weighted by atomic mass is 35.5. The Balaban J connectivity index is 0. The molecule has 0 aromatic rings. The Hall–Kier alpha value is -0.190. The summed E-state index contributed by atoms with van der Waals surface area (Å²) >= 11 is 0. The second kappa shape index (κ2) is 6.81. The Morgan fingerprint density at radius 2 is 2.12 bits per heavy atom. The van der Waals surface area contributed by atoms with Gasteiger partial charge >= 0.3 is 0 Å². The fraction of sp³-hybridized carbons (Fsp3) is 0.667. The molecular weight excluding hydrogens is 122 g/mol. The normalized spacial score (nSPS) is 10.4. The maximum atomic E-state index is 5.26. The Bertz CT molecular complexity index is 90.4. The lowest BCUT2D eigenvalue weighted by molar-refractivity contribution is 0.766. The number of hydrogen-bond donors (Lipinski definition) is 1. The second-order valence-electron chi connectivity index (χ2n) is 1.53. The van der Waals surface area contributed by atoms with Crippen LogP contribution in [0.4, 0.5) is 0 Å². The lowest BCUT2D eigenvalue weighted by Gasteiger charge is -1.92. The van der Waals surface area contributed by atoms with E-state index in [0.29, 0.717) is 12.5 Å². The zero-order valence-electron chi connectivity index (χ0n) is 5.27. The molecule has 0 aromatic heterocycles. The van der Waals surface area contributed by atoms with Crippen LogP contribution < -0.4 is 5.73 Å². The molecule has 0 bridgehead atoms. The molecule has 0 aromatic carbocycles. The van der Waals surface area contributed by atoms with E-state index in [1.807, 2.05) is 13.8 Å². The van der Waals surface area contributed by atoms with Crippen molar-refractivity contribution in [3.63, 3.8) is 0 Å². The van der Waals surface area contributed by atoms with Gasteiger partial charge in [0.05, 0.1) is 0 Å². The number of halogens is 1. The van der Waals surface area contributed by atoms with Crippen molar-refractivity contribution in [1.82, 2.24) is 0 Å². The third-order valence-corrected chi connectivity index (χ3v) is 0.744. The molecule has 0 aliphatic rings. The third kappa shape index (κ3) is 5.81. The first-order valence-electron chi connectivity index (χ1n) is 2.43. The van der Waals surface area contributed by atoms with E-state index < -0.39 is 0 Å². The van der Waals surface area contributed by atoms with E-state index in [1.165, 1.54) is 0 Å². The Kier molecular flexibility index (Phi) is 9.13. The summed E-state index contributed by atoms with van der Waals surface area (Å²) in [5, 5.41) is 0. The SMILES string of the molecule is CC#CC(C)CN.Cl. The minimum absolute atomic E-state index is 0. The molecule has 48 valence electrons. The van der Waals surface area contributed by atoms with Crippen LogP contribution in [0.3, 0.4) is 0 Å². The van der Waals surface area contributed by atoms with E-state index in [0.717, 1.165) is 0 Å². The summed E-state index contributed by atoms with van der Waals surface area (Å²) < 4.78 is 0. The third-order valence-electron chi connectivity index (χ3n) is 0.744. The zero-order chi connectivity index (χ0) is 5.70. The van der Waals surface area contributed by atoms with E-state index in [2.05, 4.69) is 11.8 Å². The van der Waals surface area contributed by atoms with E-state index in [1.54, 1.807) is 0 Å². The molecule has 1 unspecified atom stereocenters. The van der Waals surface area contributed by atoms with Crippen LogP contribution in [0.25, 0.3) is 0 Å². The maximum absolute atomic E-state index is 5.26. The van der Waals surface area contributed by atoms with Crippen molar-refractivity contribution >= 4 is 12.4 Å². The van der Waals surface area contributed by atoms with Gasteiger partial charge in [-0.25, -0.2) is 0 Å². The van der Waals surface area contributed by atoms with Gasteiger partial charge in [-0.05, 0) is 6.92 Å². The average molecular weight is 134 g/mol. The van der Waals surface area contributed by atoms with Gasteiger partial charge in [0.1, 0.15) is 0 Å². The van der Waals surface area contributed by atoms with Gasteiger partial charge in [-0.3, -0.25) is 0 Å². The highest BCUT2D eigenvalue weighted by molar-refractivity contribution is 5.85. The van der Waals surface area contributed by atoms with Crippen molar-refractivity contribution in [3.8, 4) is 11.8 Å². The van der Waals surface area contributed by atoms with Crippen molar-refractivity contribution in [2.45, 2.75) is 13.8 Å². The Morgan fingerprint density at radius 1 is 1.62 bits per heavy atom. The monoisotopic (exact) mass is 133 g/mol. The number of nitrogens with two attached hydrogens (primary N) is 1. The fourth-order valence-electron chi connectivity index (χ4n) is 0.305. The van der Waals surface area contributed by atoms with Crippen LogP contribution in [0.5, 0.6) is 0 Å². The quantitative estimate of drug-likeness (QED) is 0.532. The van der Waals surface area contributed by atoms with Crippen molar-refractivity contribution in [1.29, 1.82) is 0 Å². The Labute approximate surface area is 57.1 Å². The molecule has 8 heavy (non-hydrogen) atoms. The zero-order valence-corrected chi connectivity index (χ0v) is 6.09. The summed E-state index contributed by atoms with van der Waals surface area (Å²) in [7, 11) is 0. The first-order valence-corrected chi connectivity index (χ1v) is 2.43. The smallest absolute Gasteiger partial charge is 0.0297 e. The standard InChI is InChI=1S/C6H11N.ClH/c1-3-4-6(2)5-7;/h6H,5,7H2,1-2H3;1H. The summed E-state index contributed by atoms with van der Waals surface area (Å²) in [4.78, 5) is 0. The second-order valence-corrected chi connectivity index (χ2v) is 1.53. The molecule has 0 saturated heterocycles. The Morgan fingerprint density at radius 3 is 2.25 bits per heavy atom. The predicted molar refractivity (Wildman–Crippen MR) is 38.9 cm³/mol. The molecule has 2 heteroatoms. The molecule has 0 saturated carbocycles. The lowest BCUT2D eigenvalue weighted by atomic mass is 10.2. The van der Waals surface area contributed by atoms with Gasteiger partial charge < -0.3 is 5.73 Å². The first-order chi connectivity index (χ1) is 3.31. The molecule has 0 spiro atoms. The molecule has 2 N–H and O–H groups in total. The van der Waals surface area contributed by atoms with Gasteiger partial charge in [-0.2, -0.15) is 0 Å². The molecule has 0 aliphatic heterocycles. The van der Waals surface area contributed by atoms with Crippen LogP contribution in [-0.2, 0) is 0 Å². The maximum Gasteiger partial charge on any atom is 0.0297 e. The number of hydrogen-bond acceptors (Lipinski definition) is 1. The first kappa shape index (κ1) is 10.7. The molecule has 0 heterocycles. The highest BCUT2D eigenvalue weighted by Crippen LogP contribution is 1.83. The van der Waals surface area contributed by atoms with Crippen molar-refractivity contribution in [2.24, 2.45) is 11.7 Å². The van der Waals surface area contributed by atoms with Crippen LogP contribution in [-0.4, -0.2) is 6.54 Å². The summed E-state index contributed by atoms with van der Waals surface area (Å²) in [6.45, 7) is 4.50. The highest BCUT2D eigenvalue weighted by Gasteiger charge is 1.86. The van der Waals surface area contributed by atoms with Crippen LogP contribution in [0.15, 0.2) is 0 Å². The topological polar surface area (TPSA) is 26.0 Å². The van der Waals surface area contributed by atoms with E-state index in [9.17, 15) is 0 Å². The van der Waals surface area contributed by atoms with Crippen molar-refractivity contribution in [2.75, 3.05) is 6.54 Å². The molecule has 0 fully saturated rings. The van der Waals surface area contributed by atoms with E-state index in [4.69, 9.17) is 5.73 Å². The van der Waals surface area contributed by atoms with Gasteiger partial charge in [0.15, 0.2) is 0 Å². The van der Waals surface area contributed by atoms with E-state index in [-0.39, 0.29) is 12.4 Å². The van der Waals surface area contributed by atoms with Gasteiger partial charge in [0.2, 0.25) is 0 Å². The van der Waals surface area contributed by atoms with Gasteiger partial charge in [-0.15, -0.1) is 18.3 Å². The minimum atomic E-state index is 0. The number of rotatable bonds is 1. The van der Waals surface area contributed by atoms with Crippen molar-refractivity contribution < 1.29 is 0 Å². The molecular formula is C6H12ClN. The van der Waals surface area contributed by atoms with Crippen LogP contribution in [0.2, 0.25) is 0 Å². The lowest BCUT2D eigenvalue weighted by Crippen LogP contribution is -2.07. The summed E-state index contributed by atoms with van der Waals surface area (Å²) in [5.41, 5.74) is 5.26. The molecule has 1 nitrogen and oxygen atoms in total. The molecule has 1 atom stereocenters. The van der Waals surface area contributed by atoms with Crippen molar-refractivity contribution in [3.05, 3.63) is 0 Å². The van der Waals surface area contributed by atoms with Gasteiger partial charge in [0, 0.05) is 12.5 Å². The van der Waals surface area contributed by atoms with E-state index >= 15 is 0 Å². The van der Waals surface area contributed by atoms with Gasteiger partial charge in [-0.1, -0.05) is 12.8 Å².